The highest BCUT2D eigenvalue weighted by atomic mass is 127. The van der Waals surface area contributed by atoms with Gasteiger partial charge in [-0.25, -0.2) is 13.1 Å². The minimum absolute atomic E-state index is 0.228. The largest absolute Gasteiger partial charge is 0.497 e. The van der Waals surface area contributed by atoms with Crippen molar-refractivity contribution >= 4 is 32.6 Å². The fourth-order valence-corrected chi connectivity index (χ4v) is 3.04. The molecule has 1 N–H and O–H groups in total. The molecule has 0 aliphatic carbocycles. The second-order valence-electron chi connectivity index (χ2n) is 4.13. The normalized spacial score (nSPS) is 11.3. The van der Waals surface area contributed by atoms with Crippen molar-refractivity contribution < 1.29 is 13.2 Å². The molecule has 0 heterocycles. The van der Waals surface area contributed by atoms with Crippen LogP contribution in [0.4, 0.5) is 0 Å². The van der Waals surface area contributed by atoms with Gasteiger partial charge in [-0.2, -0.15) is 0 Å². The average Bonchev–Trinajstić information content (AvgIpc) is 2.46. The van der Waals surface area contributed by atoms with Crippen LogP contribution < -0.4 is 9.46 Å². The molecule has 2 aromatic rings. The van der Waals surface area contributed by atoms with Crippen molar-refractivity contribution in [1.29, 1.82) is 0 Å². The Balaban J connectivity index is 2.10. The number of benzene rings is 2. The second-order valence-corrected chi connectivity index (χ2v) is 7.14. The molecule has 0 bridgehead atoms. The summed E-state index contributed by atoms with van der Waals surface area (Å²) in [5.74, 6) is 0.705. The molecule has 2 rings (SSSR count). The summed E-state index contributed by atoms with van der Waals surface area (Å²) in [6.45, 7) is 0.228. The van der Waals surface area contributed by atoms with E-state index in [2.05, 4.69) is 27.3 Å². The Labute approximate surface area is 132 Å². The Morgan fingerprint density at radius 1 is 1.15 bits per heavy atom. The summed E-state index contributed by atoms with van der Waals surface area (Å²) >= 11 is 2.13. The summed E-state index contributed by atoms with van der Waals surface area (Å²) in [4.78, 5) is 0.265. The molecule has 20 heavy (non-hydrogen) atoms. The summed E-state index contributed by atoms with van der Waals surface area (Å²) in [5, 5.41) is 0. The maximum absolute atomic E-state index is 12.1. The molecular formula is C14H14INO3S. The molecule has 0 aromatic heterocycles. The van der Waals surface area contributed by atoms with Gasteiger partial charge in [-0.1, -0.05) is 12.1 Å². The van der Waals surface area contributed by atoms with Gasteiger partial charge in [0.25, 0.3) is 0 Å². The number of rotatable bonds is 5. The maximum Gasteiger partial charge on any atom is 0.240 e. The summed E-state index contributed by atoms with van der Waals surface area (Å²) in [7, 11) is -1.91. The molecule has 0 saturated heterocycles. The lowest BCUT2D eigenvalue weighted by Gasteiger charge is -2.08. The predicted octanol–water partition coefficient (Wildman–Crippen LogP) is 2.78. The lowest BCUT2D eigenvalue weighted by molar-refractivity contribution is 0.414. The van der Waals surface area contributed by atoms with Crippen molar-refractivity contribution in [1.82, 2.24) is 4.72 Å². The van der Waals surface area contributed by atoms with E-state index in [9.17, 15) is 8.42 Å². The van der Waals surface area contributed by atoms with Crippen LogP contribution in [0.5, 0.6) is 5.75 Å². The van der Waals surface area contributed by atoms with Crippen LogP contribution in [-0.2, 0) is 16.6 Å². The average molecular weight is 403 g/mol. The minimum Gasteiger partial charge on any atom is -0.497 e. The lowest BCUT2D eigenvalue weighted by Crippen LogP contribution is -2.23. The van der Waals surface area contributed by atoms with Gasteiger partial charge in [-0.05, 0) is 64.6 Å². The molecule has 2 aromatic carbocycles. The predicted molar refractivity (Wildman–Crippen MR) is 86.2 cm³/mol. The zero-order valence-corrected chi connectivity index (χ0v) is 13.8. The topological polar surface area (TPSA) is 55.4 Å². The van der Waals surface area contributed by atoms with Crippen molar-refractivity contribution in [2.75, 3.05) is 7.11 Å². The first kappa shape index (κ1) is 15.3. The molecule has 0 saturated carbocycles. The van der Waals surface area contributed by atoms with Crippen LogP contribution in [-0.4, -0.2) is 15.5 Å². The number of halogens is 1. The fourth-order valence-electron chi connectivity index (χ4n) is 1.66. The number of nitrogens with one attached hydrogen (secondary N) is 1. The van der Waals surface area contributed by atoms with Gasteiger partial charge in [0.2, 0.25) is 10.0 Å². The zero-order chi connectivity index (χ0) is 14.6. The summed E-state index contributed by atoms with van der Waals surface area (Å²) in [6, 6.07) is 14.0. The Kier molecular flexibility index (Phi) is 5.00. The molecule has 0 aliphatic rings. The number of ether oxygens (including phenoxy) is 1. The second kappa shape index (κ2) is 6.55. The van der Waals surface area contributed by atoms with E-state index in [1.165, 1.54) is 0 Å². The lowest BCUT2D eigenvalue weighted by atomic mass is 10.2. The van der Waals surface area contributed by atoms with E-state index in [-0.39, 0.29) is 11.4 Å². The third-order valence-electron chi connectivity index (χ3n) is 2.72. The van der Waals surface area contributed by atoms with Crippen molar-refractivity contribution in [2.45, 2.75) is 11.4 Å². The van der Waals surface area contributed by atoms with E-state index in [0.29, 0.717) is 5.75 Å². The van der Waals surface area contributed by atoms with E-state index >= 15 is 0 Å². The molecule has 0 unspecified atom stereocenters. The number of hydrogen-bond acceptors (Lipinski definition) is 3. The summed E-state index contributed by atoms with van der Waals surface area (Å²) in [5.41, 5.74) is 0.846. The van der Waals surface area contributed by atoms with Crippen molar-refractivity contribution in [3.8, 4) is 5.75 Å². The van der Waals surface area contributed by atoms with Crippen molar-refractivity contribution in [3.63, 3.8) is 0 Å². The molecule has 0 atom stereocenters. The fraction of sp³-hybridized carbons (Fsp3) is 0.143. The van der Waals surface area contributed by atoms with Gasteiger partial charge in [-0.15, -0.1) is 0 Å². The Morgan fingerprint density at radius 2 is 1.85 bits per heavy atom. The number of methoxy groups -OCH3 is 1. The summed E-state index contributed by atoms with van der Waals surface area (Å²) < 4.78 is 32.9. The number of hydrogen-bond donors (Lipinski definition) is 1. The molecule has 4 nitrogen and oxygen atoms in total. The molecular weight excluding hydrogens is 389 g/mol. The Hall–Kier alpha value is -1.12. The monoisotopic (exact) mass is 403 g/mol. The van der Waals surface area contributed by atoms with E-state index in [0.717, 1.165) is 9.13 Å². The van der Waals surface area contributed by atoms with Crippen LogP contribution in [0.2, 0.25) is 0 Å². The molecule has 0 spiro atoms. The number of sulfonamides is 1. The molecule has 0 aliphatic heterocycles. The van der Waals surface area contributed by atoms with E-state index in [1.54, 1.807) is 37.4 Å². The molecule has 0 fully saturated rings. The Bertz CT molecular complexity index is 684. The smallest absolute Gasteiger partial charge is 0.240 e. The molecule has 0 amide bonds. The van der Waals surface area contributed by atoms with E-state index < -0.39 is 10.0 Å². The quantitative estimate of drug-likeness (QED) is 0.782. The van der Waals surface area contributed by atoms with E-state index in [1.807, 2.05) is 18.2 Å². The van der Waals surface area contributed by atoms with Crippen LogP contribution in [0.3, 0.4) is 0 Å². The van der Waals surface area contributed by atoms with Gasteiger partial charge >= 0.3 is 0 Å². The van der Waals surface area contributed by atoms with Gasteiger partial charge in [0, 0.05) is 10.1 Å². The van der Waals surface area contributed by atoms with Crippen LogP contribution in [0, 0.1) is 3.57 Å². The van der Waals surface area contributed by atoms with Crippen LogP contribution in [0.1, 0.15) is 5.56 Å². The van der Waals surface area contributed by atoms with E-state index in [4.69, 9.17) is 4.74 Å². The first-order chi connectivity index (χ1) is 9.51. The van der Waals surface area contributed by atoms with Crippen LogP contribution >= 0.6 is 22.6 Å². The van der Waals surface area contributed by atoms with Gasteiger partial charge < -0.3 is 4.74 Å². The molecule has 106 valence electrons. The first-order valence-electron chi connectivity index (χ1n) is 5.89. The highest BCUT2D eigenvalue weighted by Crippen LogP contribution is 2.15. The van der Waals surface area contributed by atoms with Gasteiger partial charge in [0.05, 0.1) is 12.0 Å². The van der Waals surface area contributed by atoms with Gasteiger partial charge in [-0.3, -0.25) is 0 Å². The third-order valence-corrected chi connectivity index (χ3v) is 4.86. The van der Waals surface area contributed by atoms with Crippen molar-refractivity contribution in [3.05, 3.63) is 57.7 Å². The molecule has 6 heteroatoms. The highest BCUT2D eigenvalue weighted by molar-refractivity contribution is 14.1. The zero-order valence-electron chi connectivity index (χ0n) is 10.8. The third kappa shape index (κ3) is 3.94. The summed E-state index contributed by atoms with van der Waals surface area (Å²) in [6.07, 6.45) is 0. The first-order valence-corrected chi connectivity index (χ1v) is 8.45. The van der Waals surface area contributed by atoms with Crippen LogP contribution in [0.25, 0.3) is 0 Å². The van der Waals surface area contributed by atoms with Gasteiger partial charge in [0.1, 0.15) is 5.75 Å². The molecule has 0 radical (unpaired) electrons. The maximum atomic E-state index is 12.1. The van der Waals surface area contributed by atoms with Crippen molar-refractivity contribution in [2.24, 2.45) is 0 Å². The standard InChI is InChI=1S/C14H14INO3S/c1-19-13-4-2-3-11(9-13)10-16-20(17,18)14-7-5-12(15)6-8-14/h2-9,16H,10H2,1H3. The Morgan fingerprint density at radius 3 is 2.50 bits per heavy atom. The van der Waals surface area contributed by atoms with Gasteiger partial charge in [0.15, 0.2) is 0 Å². The minimum atomic E-state index is -3.49. The van der Waals surface area contributed by atoms with Crippen LogP contribution in [0.15, 0.2) is 53.4 Å². The highest BCUT2D eigenvalue weighted by Gasteiger charge is 2.13. The SMILES string of the molecule is COc1cccc(CNS(=O)(=O)c2ccc(I)cc2)c1.